The van der Waals surface area contributed by atoms with E-state index >= 15 is 0 Å². The fraction of sp³-hybridized carbons (Fsp3) is 0.0588. The molecule has 3 aromatic heterocycles. The number of thiophene rings is 2. The Bertz CT molecular complexity index is 812. The molecule has 0 spiro atoms. The fourth-order valence-corrected chi connectivity index (χ4v) is 4.22. The second-order valence-corrected chi connectivity index (χ2v) is 7.31. The van der Waals surface area contributed by atoms with E-state index in [9.17, 15) is 5.26 Å². The fourth-order valence-electron chi connectivity index (χ4n) is 2.05. The van der Waals surface area contributed by atoms with Gasteiger partial charge >= 0.3 is 0 Å². The monoisotopic (exact) mass is 340 g/mol. The highest BCUT2D eigenvalue weighted by Gasteiger charge is 2.16. The number of nitrogens with zero attached hydrogens (tertiary/aromatic N) is 2. The first-order chi connectivity index (χ1) is 10.8. The minimum atomic E-state index is 0.648. The molecule has 0 atom stereocenters. The Morgan fingerprint density at radius 1 is 1.23 bits per heavy atom. The zero-order valence-corrected chi connectivity index (χ0v) is 14.1. The van der Waals surface area contributed by atoms with Crippen molar-refractivity contribution in [3.8, 4) is 27.1 Å². The average molecular weight is 340 g/mol. The molecule has 0 unspecified atom stereocenters. The standard InChI is InChI=1S/C17H12N2S3/c1-2-7-22-17-13(11-18)12(15-5-3-8-20-15)10-14(19-17)16-6-4-9-21-16/h2-6,8-10H,1,7H2. The summed E-state index contributed by atoms with van der Waals surface area (Å²) in [6.45, 7) is 3.75. The van der Waals surface area contributed by atoms with Gasteiger partial charge in [-0.1, -0.05) is 18.2 Å². The van der Waals surface area contributed by atoms with Crippen LogP contribution in [0.25, 0.3) is 21.0 Å². The van der Waals surface area contributed by atoms with Gasteiger partial charge in [0.15, 0.2) is 0 Å². The van der Waals surface area contributed by atoms with E-state index in [1.807, 2.05) is 41.1 Å². The molecule has 3 heterocycles. The molecule has 0 fully saturated rings. The topological polar surface area (TPSA) is 36.7 Å². The largest absolute Gasteiger partial charge is 0.239 e. The molecule has 22 heavy (non-hydrogen) atoms. The predicted octanol–water partition coefficient (Wildman–Crippen LogP) is 5.69. The second kappa shape index (κ2) is 6.93. The van der Waals surface area contributed by atoms with Crippen molar-refractivity contribution in [2.75, 3.05) is 5.75 Å². The number of hydrogen-bond donors (Lipinski definition) is 0. The van der Waals surface area contributed by atoms with Crippen LogP contribution in [0.3, 0.4) is 0 Å². The SMILES string of the molecule is C=CCSc1nc(-c2cccs2)cc(-c2cccs2)c1C#N. The van der Waals surface area contributed by atoms with Gasteiger partial charge in [-0.25, -0.2) is 4.98 Å². The Balaban J connectivity index is 2.20. The highest BCUT2D eigenvalue weighted by atomic mass is 32.2. The summed E-state index contributed by atoms with van der Waals surface area (Å²) in [6.07, 6.45) is 1.83. The summed E-state index contributed by atoms with van der Waals surface area (Å²) in [5.74, 6) is 0.736. The van der Waals surface area contributed by atoms with Crippen molar-refractivity contribution < 1.29 is 0 Å². The number of rotatable bonds is 5. The van der Waals surface area contributed by atoms with Crippen LogP contribution in [0.15, 0.2) is 58.8 Å². The minimum absolute atomic E-state index is 0.648. The van der Waals surface area contributed by atoms with Crippen LogP contribution in [0.4, 0.5) is 0 Å². The van der Waals surface area contributed by atoms with E-state index in [4.69, 9.17) is 4.98 Å². The van der Waals surface area contributed by atoms with Crippen LogP contribution < -0.4 is 0 Å². The Kier molecular flexibility index (Phi) is 4.74. The first-order valence-electron chi connectivity index (χ1n) is 6.60. The summed E-state index contributed by atoms with van der Waals surface area (Å²) in [4.78, 5) is 6.91. The lowest BCUT2D eigenvalue weighted by atomic mass is 10.1. The molecule has 2 nitrogen and oxygen atoms in total. The number of pyridine rings is 1. The molecule has 0 amide bonds. The molecule has 108 valence electrons. The zero-order valence-electron chi connectivity index (χ0n) is 11.7. The van der Waals surface area contributed by atoms with Crippen LogP contribution in [0.1, 0.15) is 5.56 Å². The van der Waals surface area contributed by atoms with E-state index in [0.29, 0.717) is 5.56 Å². The summed E-state index contributed by atoms with van der Waals surface area (Å²) in [7, 11) is 0. The van der Waals surface area contributed by atoms with Crippen LogP contribution in [0.5, 0.6) is 0 Å². The van der Waals surface area contributed by atoms with Crippen molar-refractivity contribution >= 4 is 34.4 Å². The molecule has 5 heteroatoms. The molecule has 0 aliphatic carbocycles. The van der Waals surface area contributed by atoms with Crippen LogP contribution in [0, 0.1) is 11.3 Å². The van der Waals surface area contributed by atoms with Gasteiger partial charge in [-0.2, -0.15) is 5.26 Å². The average Bonchev–Trinajstić information content (AvgIpc) is 3.24. The number of nitriles is 1. The Labute approximate surface area is 141 Å². The number of thioether (sulfide) groups is 1. The van der Waals surface area contributed by atoms with Gasteiger partial charge in [-0.15, -0.1) is 41.0 Å². The van der Waals surface area contributed by atoms with Crippen LogP contribution in [0.2, 0.25) is 0 Å². The van der Waals surface area contributed by atoms with Gasteiger partial charge in [0, 0.05) is 16.2 Å². The molecule has 0 saturated carbocycles. The van der Waals surface area contributed by atoms with Crippen LogP contribution in [-0.2, 0) is 0 Å². The molecule has 0 aromatic carbocycles. The highest BCUT2D eigenvalue weighted by Crippen LogP contribution is 2.36. The van der Waals surface area contributed by atoms with Crippen LogP contribution in [-0.4, -0.2) is 10.7 Å². The minimum Gasteiger partial charge on any atom is -0.239 e. The Morgan fingerprint density at radius 3 is 2.55 bits per heavy atom. The van der Waals surface area contributed by atoms with Gasteiger partial charge in [-0.05, 0) is 29.0 Å². The van der Waals surface area contributed by atoms with Crippen molar-refractivity contribution in [2.24, 2.45) is 0 Å². The van der Waals surface area contributed by atoms with Gasteiger partial charge in [0.1, 0.15) is 11.1 Å². The summed E-state index contributed by atoms with van der Waals surface area (Å²) in [6, 6.07) is 12.5. The van der Waals surface area contributed by atoms with Gasteiger partial charge in [0.2, 0.25) is 0 Å². The summed E-state index contributed by atoms with van der Waals surface area (Å²) in [5.41, 5.74) is 2.53. The normalized spacial score (nSPS) is 10.3. The van der Waals surface area contributed by atoms with Gasteiger partial charge in [0.05, 0.1) is 16.1 Å². The maximum Gasteiger partial charge on any atom is 0.116 e. The lowest BCUT2D eigenvalue weighted by molar-refractivity contribution is 1.13. The van der Waals surface area contributed by atoms with E-state index in [1.54, 1.807) is 34.4 Å². The van der Waals surface area contributed by atoms with E-state index in [2.05, 4.69) is 18.7 Å². The second-order valence-electron chi connectivity index (χ2n) is 4.40. The summed E-state index contributed by atoms with van der Waals surface area (Å²) >= 11 is 4.85. The van der Waals surface area contributed by atoms with Gasteiger partial charge in [0.25, 0.3) is 0 Å². The molecule has 0 aliphatic heterocycles. The van der Waals surface area contributed by atoms with E-state index in [-0.39, 0.29) is 0 Å². The Hall–Kier alpha value is -1.87. The zero-order chi connectivity index (χ0) is 15.4. The smallest absolute Gasteiger partial charge is 0.116 e. The molecule has 0 bridgehead atoms. The Morgan fingerprint density at radius 2 is 1.95 bits per heavy atom. The van der Waals surface area contributed by atoms with E-state index in [0.717, 1.165) is 31.8 Å². The first kappa shape index (κ1) is 15.0. The third-order valence-electron chi connectivity index (χ3n) is 3.00. The lowest BCUT2D eigenvalue weighted by Gasteiger charge is -2.09. The van der Waals surface area contributed by atoms with Crippen LogP contribution >= 0.6 is 34.4 Å². The number of hydrogen-bond acceptors (Lipinski definition) is 5. The van der Waals surface area contributed by atoms with Crippen molar-refractivity contribution in [3.63, 3.8) is 0 Å². The molecule has 0 aliphatic rings. The van der Waals surface area contributed by atoms with Gasteiger partial charge in [-0.3, -0.25) is 0 Å². The highest BCUT2D eigenvalue weighted by molar-refractivity contribution is 7.99. The van der Waals surface area contributed by atoms with Crippen molar-refractivity contribution in [1.82, 2.24) is 4.98 Å². The molecular weight excluding hydrogens is 328 g/mol. The maximum absolute atomic E-state index is 9.60. The molecule has 0 radical (unpaired) electrons. The third kappa shape index (κ3) is 3.00. The molecule has 3 rings (SSSR count). The summed E-state index contributed by atoms with van der Waals surface area (Å²) < 4.78 is 0. The van der Waals surface area contributed by atoms with Crippen molar-refractivity contribution in [3.05, 3.63) is 59.3 Å². The van der Waals surface area contributed by atoms with E-state index < -0.39 is 0 Å². The van der Waals surface area contributed by atoms with Gasteiger partial charge < -0.3 is 0 Å². The first-order valence-corrected chi connectivity index (χ1v) is 9.34. The van der Waals surface area contributed by atoms with E-state index in [1.165, 1.54) is 0 Å². The lowest BCUT2D eigenvalue weighted by Crippen LogP contribution is -1.94. The number of aromatic nitrogens is 1. The maximum atomic E-state index is 9.60. The summed E-state index contributed by atoms with van der Waals surface area (Å²) in [5, 5.41) is 14.4. The molecular formula is C17H12N2S3. The third-order valence-corrected chi connectivity index (χ3v) is 5.76. The van der Waals surface area contributed by atoms with Crippen molar-refractivity contribution in [2.45, 2.75) is 5.03 Å². The molecule has 0 saturated heterocycles. The molecule has 3 aromatic rings. The quantitative estimate of drug-likeness (QED) is 0.442. The van der Waals surface area contributed by atoms with Crippen molar-refractivity contribution in [1.29, 1.82) is 5.26 Å². The molecule has 0 N–H and O–H groups in total. The predicted molar refractivity (Wildman–Crippen MR) is 96.5 cm³/mol.